The molecule has 54 heavy (non-hydrogen) atoms. The van der Waals surface area contributed by atoms with E-state index in [-0.39, 0.29) is 0 Å². The molecule has 0 atom stereocenters. The maximum atomic E-state index is 9.36. The van der Waals surface area contributed by atoms with Crippen molar-refractivity contribution in [2.75, 3.05) is 0 Å². The summed E-state index contributed by atoms with van der Waals surface area (Å²) in [6, 6.07) is 50.7. The van der Waals surface area contributed by atoms with Crippen LogP contribution in [0.1, 0.15) is 17.0 Å². The van der Waals surface area contributed by atoms with Crippen molar-refractivity contribution in [1.82, 2.24) is 24.9 Å². The fourth-order valence-corrected chi connectivity index (χ4v) is 6.37. The molecule has 0 saturated carbocycles. The van der Waals surface area contributed by atoms with Gasteiger partial charge < -0.3 is 0 Å². The van der Waals surface area contributed by atoms with Crippen molar-refractivity contribution in [2.45, 2.75) is 0 Å². The molecule has 4 aromatic heterocycles. The predicted molar refractivity (Wildman–Crippen MR) is 218 cm³/mol. The van der Waals surface area contributed by atoms with Gasteiger partial charge in [0.25, 0.3) is 0 Å². The molecule has 0 aliphatic carbocycles. The van der Waals surface area contributed by atoms with Crippen molar-refractivity contribution in [3.8, 4) is 84.7 Å². The SMILES string of the molecule is C=Cc1nc(-c2ccc(C#N)cc2)c(-c2ccc(-c3cc(-c4ccc(-c5ccccn5)cc4)nc(-c4ccc(-c5ccccn5)cc4)c3)cc2)nc1C=C. The van der Waals surface area contributed by atoms with Gasteiger partial charge in [0.05, 0.1) is 57.2 Å². The van der Waals surface area contributed by atoms with Crippen LogP contribution in [0.3, 0.4) is 0 Å². The first-order chi connectivity index (χ1) is 26.6. The number of aromatic nitrogens is 5. The van der Waals surface area contributed by atoms with Gasteiger partial charge in [-0.2, -0.15) is 5.26 Å². The molecule has 0 aliphatic heterocycles. The zero-order valence-electron chi connectivity index (χ0n) is 29.3. The van der Waals surface area contributed by atoms with E-state index in [1.807, 2.05) is 48.5 Å². The standard InChI is InChI=1S/C48H32N6/c1-3-41-42(4-2)54-48(47(53-41)38-13-11-32(31-49)12-14-38)39-25-15-33(16-26-39)40-29-45(36-21-17-34(18-22-36)43-9-5-7-27-50-43)52-46(30-40)37-23-19-35(20-24-37)44-10-6-8-28-51-44/h3-30H,1-2H2. The number of hydrogen-bond acceptors (Lipinski definition) is 6. The summed E-state index contributed by atoms with van der Waals surface area (Å²) in [5.74, 6) is 0. The van der Waals surface area contributed by atoms with Gasteiger partial charge in [0, 0.05) is 45.8 Å². The van der Waals surface area contributed by atoms with Crippen LogP contribution in [-0.2, 0) is 0 Å². The Kier molecular flexibility index (Phi) is 9.27. The lowest BCUT2D eigenvalue weighted by atomic mass is 9.96. The molecule has 0 N–H and O–H groups in total. The number of rotatable bonds is 9. The number of pyridine rings is 3. The maximum Gasteiger partial charge on any atom is 0.0991 e. The highest BCUT2D eigenvalue weighted by atomic mass is 14.8. The molecule has 0 fully saturated rings. The second kappa shape index (κ2) is 14.9. The summed E-state index contributed by atoms with van der Waals surface area (Å²) in [5, 5.41) is 9.36. The van der Waals surface area contributed by atoms with Crippen LogP contribution >= 0.6 is 0 Å². The molecule has 0 saturated heterocycles. The van der Waals surface area contributed by atoms with Crippen LogP contribution in [0.25, 0.3) is 90.8 Å². The smallest absolute Gasteiger partial charge is 0.0991 e. The van der Waals surface area contributed by atoms with E-state index >= 15 is 0 Å². The van der Waals surface area contributed by atoms with Crippen molar-refractivity contribution in [1.29, 1.82) is 5.26 Å². The highest BCUT2D eigenvalue weighted by Gasteiger charge is 2.16. The monoisotopic (exact) mass is 692 g/mol. The minimum atomic E-state index is 0.577. The third-order valence-electron chi connectivity index (χ3n) is 9.23. The van der Waals surface area contributed by atoms with Crippen molar-refractivity contribution >= 4 is 12.2 Å². The van der Waals surface area contributed by atoms with E-state index in [4.69, 9.17) is 15.0 Å². The number of benzene rings is 4. The number of hydrogen-bond donors (Lipinski definition) is 0. The molecule has 0 radical (unpaired) electrons. The van der Waals surface area contributed by atoms with E-state index in [0.29, 0.717) is 28.3 Å². The first-order valence-corrected chi connectivity index (χ1v) is 17.4. The molecule has 0 amide bonds. The number of nitriles is 1. The van der Waals surface area contributed by atoms with E-state index in [0.717, 1.165) is 67.3 Å². The van der Waals surface area contributed by atoms with Crippen molar-refractivity contribution in [3.05, 3.63) is 188 Å². The molecule has 8 rings (SSSR count). The van der Waals surface area contributed by atoms with Gasteiger partial charge in [-0.25, -0.2) is 15.0 Å². The van der Waals surface area contributed by atoms with Crippen LogP contribution in [0.4, 0.5) is 0 Å². The average molecular weight is 693 g/mol. The molecule has 0 bridgehead atoms. The Morgan fingerprint density at radius 3 is 1.19 bits per heavy atom. The molecule has 6 heteroatoms. The van der Waals surface area contributed by atoms with Crippen LogP contribution in [0.5, 0.6) is 0 Å². The largest absolute Gasteiger partial charge is 0.256 e. The van der Waals surface area contributed by atoms with Gasteiger partial charge in [-0.3, -0.25) is 9.97 Å². The summed E-state index contributed by atoms with van der Waals surface area (Å²) in [6.07, 6.45) is 6.98. The molecule has 0 spiro atoms. The summed E-state index contributed by atoms with van der Waals surface area (Å²) in [6.45, 7) is 7.90. The highest BCUT2D eigenvalue weighted by Crippen LogP contribution is 2.35. The van der Waals surface area contributed by atoms with Gasteiger partial charge in [-0.15, -0.1) is 0 Å². The van der Waals surface area contributed by atoms with Gasteiger partial charge >= 0.3 is 0 Å². The summed E-state index contributed by atoms with van der Waals surface area (Å²) in [4.78, 5) is 24.1. The summed E-state index contributed by atoms with van der Waals surface area (Å²) in [7, 11) is 0. The van der Waals surface area contributed by atoms with E-state index in [1.165, 1.54) is 0 Å². The fourth-order valence-electron chi connectivity index (χ4n) is 6.37. The second-order valence-electron chi connectivity index (χ2n) is 12.6. The summed E-state index contributed by atoms with van der Waals surface area (Å²) in [5.41, 5.74) is 14.7. The van der Waals surface area contributed by atoms with Gasteiger partial charge in [-0.1, -0.05) is 110 Å². The Bertz CT molecular complexity index is 2540. The maximum absolute atomic E-state index is 9.36. The third-order valence-corrected chi connectivity index (χ3v) is 9.23. The lowest BCUT2D eigenvalue weighted by Crippen LogP contribution is -2.00. The first kappa shape index (κ1) is 33.5. The topological polar surface area (TPSA) is 88.2 Å². The fraction of sp³-hybridized carbons (Fsp3) is 0. The molecular weight excluding hydrogens is 661 g/mol. The normalized spacial score (nSPS) is 10.7. The van der Waals surface area contributed by atoms with Crippen LogP contribution < -0.4 is 0 Å². The molecule has 4 heterocycles. The Balaban J connectivity index is 1.21. The van der Waals surface area contributed by atoms with Gasteiger partial charge in [0.15, 0.2) is 0 Å². The highest BCUT2D eigenvalue weighted by molar-refractivity contribution is 5.83. The van der Waals surface area contributed by atoms with Crippen LogP contribution in [0, 0.1) is 11.3 Å². The van der Waals surface area contributed by atoms with Crippen LogP contribution in [0.15, 0.2) is 171 Å². The van der Waals surface area contributed by atoms with Crippen LogP contribution in [0.2, 0.25) is 0 Å². The molecule has 0 aliphatic rings. The molecule has 0 unspecified atom stereocenters. The van der Waals surface area contributed by atoms with Crippen molar-refractivity contribution in [3.63, 3.8) is 0 Å². The molecule has 6 nitrogen and oxygen atoms in total. The molecule has 254 valence electrons. The third kappa shape index (κ3) is 6.85. The van der Waals surface area contributed by atoms with E-state index < -0.39 is 0 Å². The Morgan fingerprint density at radius 1 is 0.407 bits per heavy atom. The average Bonchev–Trinajstić information content (AvgIpc) is 3.26. The van der Waals surface area contributed by atoms with Gasteiger partial charge in [0.2, 0.25) is 0 Å². The quantitative estimate of drug-likeness (QED) is 0.150. The van der Waals surface area contributed by atoms with E-state index in [2.05, 4.69) is 114 Å². The van der Waals surface area contributed by atoms with E-state index in [1.54, 1.807) is 36.7 Å². The van der Waals surface area contributed by atoms with Gasteiger partial charge in [-0.05, 0) is 71.8 Å². The first-order valence-electron chi connectivity index (χ1n) is 17.4. The second-order valence-corrected chi connectivity index (χ2v) is 12.6. The molecular formula is C48H32N6. The lowest BCUT2D eigenvalue weighted by molar-refractivity contribution is 1.17. The summed E-state index contributed by atoms with van der Waals surface area (Å²) < 4.78 is 0. The van der Waals surface area contributed by atoms with Crippen molar-refractivity contribution < 1.29 is 0 Å². The van der Waals surface area contributed by atoms with Gasteiger partial charge in [0.1, 0.15) is 0 Å². The Morgan fingerprint density at radius 2 is 0.796 bits per heavy atom. The van der Waals surface area contributed by atoms with Crippen LogP contribution in [-0.4, -0.2) is 24.9 Å². The van der Waals surface area contributed by atoms with E-state index in [9.17, 15) is 5.26 Å². The van der Waals surface area contributed by atoms with Crippen molar-refractivity contribution in [2.24, 2.45) is 0 Å². The minimum absolute atomic E-state index is 0.577. The zero-order valence-corrected chi connectivity index (χ0v) is 29.3. The Hall–Kier alpha value is -7.62. The summed E-state index contributed by atoms with van der Waals surface area (Å²) >= 11 is 0. The zero-order chi connectivity index (χ0) is 36.9. The minimum Gasteiger partial charge on any atom is -0.256 e. The number of nitrogens with zero attached hydrogens (tertiary/aromatic N) is 6. The molecule has 4 aromatic carbocycles. The lowest BCUT2D eigenvalue weighted by Gasteiger charge is -2.14. The predicted octanol–water partition coefficient (Wildman–Crippen LogP) is 11.5. The Labute approximate surface area is 314 Å². The molecule has 8 aromatic rings.